The van der Waals surface area contributed by atoms with Gasteiger partial charge in [-0.1, -0.05) is 12.1 Å². The second kappa shape index (κ2) is 11.5. The highest BCUT2D eigenvalue weighted by atomic mass is 32.1. The second-order valence-corrected chi connectivity index (χ2v) is 5.07. The number of nitrogens with zero attached hydrogens (tertiary/aromatic N) is 1. The van der Waals surface area contributed by atoms with Crippen LogP contribution in [0.15, 0.2) is 29.3 Å². The molecule has 5 nitrogen and oxygen atoms in total. The van der Waals surface area contributed by atoms with E-state index >= 15 is 0 Å². The van der Waals surface area contributed by atoms with Crippen molar-refractivity contribution in [2.75, 3.05) is 39.3 Å². The Morgan fingerprint density at radius 2 is 1.86 bits per heavy atom. The zero-order valence-electron chi connectivity index (χ0n) is 12.3. The average Bonchev–Trinajstić information content (AvgIpc) is 2.50. The van der Waals surface area contributed by atoms with Gasteiger partial charge in [-0.05, 0) is 55.3 Å². The first kappa shape index (κ1) is 17.9. The molecule has 0 amide bonds. The number of nitrogens with one attached hydrogen (secondary N) is 3. The third-order valence-electron chi connectivity index (χ3n) is 3.12. The van der Waals surface area contributed by atoms with Gasteiger partial charge in [-0.25, -0.2) is 0 Å². The molecule has 0 spiro atoms. The van der Waals surface area contributed by atoms with Gasteiger partial charge in [0, 0.05) is 26.2 Å². The SMILES string of the molecule is [NH]CCNCC(CNCCN)Cc1ccc(N=C=S)cc1. The molecule has 21 heavy (non-hydrogen) atoms. The number of rotatable bonds is 11. The van der Waals surface area contributed by atoms with Crippen LogP contribution in [-0.4, -0.2) is 44.4 Å². The smallest absolute Gasteiger partial charge is 0.0739 e. The van der Waals surface area contributed by atoms with Crippen molar-refractivity contribution in [2.45, 2.75) is 6.42 Å². The molecular weight excluding hydrogens is 282 g/mol. The minimum absolute atomic E-state index is 0.410. The molecule has 1 atom stereocenters. The number of isothiocyanates is 1. The fraction of sp³-hybridized carbons (Fsp3) is 0.533. The fourth-order valence-electron chi connectivity index (χ4n) is 2.11. The van der Waals surface area contributed by atoms with Gasteiger partial charge in [0.1, 0.15) is 0 Å². The first-order valence-corrected chi connectivity index (χ1v) is 7.64. The number of benzene rings is 1. The molecule has 1 rings (SSSR count). The summed E-state index contributed by atoms with van der Waals surface area (Å²) in [6.07, 6.45) is 0.976. The number of hydrogen-bond donors (Lipinski definition) is 3. The predicted molar refractivity (Wildman–Crippen MR) is 91.1 cm³/mol. The van der Waals surface area contributed by atoms with Crippen molar-refractivity contribution in [3.8, 4) is 0 Å². The van der Waals surface area contributed by atoms with Crippen LogP contribution in [-0.2, 0) is 6.42 Å². The van der Waals surface area contributed by atoms with Gasteiger partial charge in [-0.2, -0.15) is 4.99 Å². The summed E-state index contributed by atoms with van der Waals surface area (Å²) in [5.74, 6) is 0.475. The lowest BCUT2D eigenvalue weighted by molar-refractivity contribution is 0.444. The quantitative estimate of drug-likeness (QED) is 0.323. The lowest BCUT2D eigenvalue weighted by Crippen LogP contribution is -2.35. The lowest BCUT2D eigenvalue weighted by Gasteiger charge is -2.18. The molecule has 115 valence electrons. The van der Waals surface area contributed by atoms with Crippen molar-refractivity contribution < 1.29 is 0 Å². The van der Waals surface area contributed by atoms with Crippen LogP contribution in [0.2, 0.25) is 0 Å². The van der Waals surface area contributed by atoms with E-state index in [-0.39, 0.29) is 0 Å². The molecule has 0 bridgehead atoms. The Balaban J connectivity index is 2.53. The van der Waals surface area contributed by atoms with Crippen LogP contribution in [0.5, 0.6) is 0 Å². The van der Waals surface area contributed by atoms with Crippen LogP contribution in [0.3, 0.4) is 0 Å². The maximum absolute atomic E-state index is 7.18. The van der Waals surface area contributed by atoms with Gasteiger partial charge >= 0.3 is 0 Å². The molecule has 0 saturated heterocycles. The van der Waals surface area contributed by atoms with Gasteiger partial charge in [0.15, 0.2) is 0 Å². The Hall–Kier alpha value is -1.14. The highest BCUT2D eigenvalue weighted by molar-refractivity contribution is 7.78. The molecule has 0 aromatic heterocycles. The minimum Gasteiger partial charge on any atom is -0.329 e. The van der Waals surface area contributed by atoms with Crippen LogP contribution in [0, 0.1) is 5.92 Å². The van der Waals surface area contributed by atoms with Crippen molar-refractivity contribution >= 4 is 23.1 Å². The van der Waals surface area contributed by atoms with E-state index in [4.69, 9.17) is 11.5 Å². The summed E-state index contributed by atoms with van der Waals surface area (Å²) in [6.45, 7) is 4.44. The van der Waals surface area contributed by atoms with Gasteiger partial charge in [0.05, 0.1) is 10.8 Å². The Bertz CT molecular complexity index is 418. The zero-order chi connectivity index (χ0) is 15.3. The summed E-state index contributed by atoms with van der Waals surface area (Å²) in [5.41, 5.74) is 14.8. The molecule has 1 aromatic rings. The molecule has 6 heteroatoms. The van der Waals surface area contributed by atoms with Crippen molar-refractivity contribution in [1.82, 2.24) is 16.4 Å². The van der Waals surface area contributed by atoms with Crippen LogP contribution in [0.4, 0.5) is 5.69 Å². The van der Waals surface area contributed by atoms with Crippen LogP contribution < -0.4 is 22.1 Å². The summed E-state index contributed by atoms with van der Waals surface area (Å²) in [4.78, 5) is 3.95. The lowest BCUT2D eigenvalue weighted by atomic mass is 9.99. The van der Waals surface area contributed by atoms with E-state index in [1.807, 2.05) is 12.1 Å². The van der Waals surface area contributed by atoms with Gasteiger partial charge in [-0.3, -0.25) is 5.73 Å². The molecule has 0 saturated carbocycles. The molecule has 1 unspecified atom stereocenters. The van der Waals surface area contributed by atoms with E-state index in [1.165, 1.54) is 5.56 Å². The Labute approximate surface area is 132 Å². The molecule has 0 aliphatic rings. The Kier molecular flexibility index (Phi) is 9.82. The summed E-state index contributed by atoms with van der Waals surface area (Å²) in [7, 11) is 0. The number of hydrogen-bond acceptors (Lipinski definition) is 5. The molecule has 0 aliphatic heterocycles. The molecule has 0 aliphatic carbocycles. The third-order valence-corrected chi connectivity index (χ3v) is 3.22. The van der Waals surface area contributed by atoms with Crippen molar-refractivity contribution in [3.05, 3.63) is 29.8 Å². The molecule has 0 fully saturated rings. The predicted octanol–water partition coefficient (Wildman–Crippen LogP) is 1.00. The summed E-state index contributed by atoms with van der Waals surface area (Å²) >= 11 is 4.60. The standard InChI is InChI=1S/C15H24N5S/c16-5-7-18-10-14(11-19-8-6-17)9-13-1-3-15(4-2-13)20-12-21/h1-4,14,16,18-19H,5-11,17H2. The van der Waals surface area contributed by atoms with Crippen LogP contribution >= 0.6 is 12.2 Å². The fourth-order valence-corrected chi connectivity index (χ4v) is 2.22. The molecule has 5 N–H and O–H groups in total. The maximum atomic E-state index is 7.18. The van der Waals surface area contributed by atoms with Gasteiger partial charge < -0.3 is 16.4 Å². The minimum atomic E-state index is 0.410. The zero-order valence-corrected chi connectivity index (χ0v) is 13.1. The topological polar surface area (TPSA) is 86.2 Å². The van der Waals surface area contributed by atoms with E-state index in [9.17, 15) is 0 Å². The van der Waals surface area contributed by atoms with Crippen molar-refractivity contribution in [2.24, 2.45) is 16.6 Å². The number of nitrogens with two attached hydrogens (primary N) is 1. The molecule has 1 aromatic carbocycles. The van der Waals surface area contributed by atoms with E-state index in [0.29, 0.717) is 19.0 Å². The highest BCUT2D eigenvalue weighted by Gasteiger charge is 2.09. The summed E-state index contributed by atoms with van der Waals surface area (Å²) < 4.78 is 0. The van der Waals surface area contributed by atoms with E-state index in [2.05, 4.69) is 45.1 Å². The van der Waals surface area contributed by atoms with Crippen molar-refractivity contribution in [1.29, 1.82) is 0 Å². The van der Waals surface area contributed by atoms with E-state index in [0.717, 1.165) is 38.3 Å². The monoisotopic (exact) mass is 306 g/mol. The van der Waals surface area contributed by atoms with Gasteiger partial charge in [0.2, 0.25) is 0 Å². The average molecular weight is 306 g/mol. The third kappa shape index (κ3) is 8.02. The van der Waals surface area contributed by atoms with Gasteiger partial charge in [-0.15, -0.1) is 0 Å². The first-order chi connectivity index (χ1) is 10.3. The molecule has 0 heterocycles. The van der Waals surface area contributed by atoms with Crippen LogP contribution in [0.25, 0.3) is 0 Å². The second-order valence-electron chi connectivity index (χ2n) is 4.89. The Morgan fingerprint density at radius 1 is 1.19 bits per heavy atom. The van der Waals surface area contributed by atoms with E-state index in [1.54, 1.807) is 0 Å². The summed E-state index contributed by atoms with van der Waals surface area (Å²) in [6, 6.07) is 8.06. The summed E-state index contributed by atoms with van der Waals surface area (Å²) in [5, 5.41) is 9.04. The Morgan fingerprint density at radius 3 is 2.43 bits per heavy atom. The first-order valence-electron chi connectivity index (χ1n) is 7.23. The van der Waals surface area contributed by atoms with E-state index < -0.39 is 0 Å². The molecular formula is C15H24N5S. The highest BCUT2D eigenvalue weighted by Crippen LogP contribution is 2.15. The number of thiocarbonyl (C=S) groups is 1. The number of aliphatic imine (C=N–C) groups is 1. The van der Waals surface area contributed by atoms with Crippen molar-refractivity contribution in [3.63, 3.8) is 0 Å². The largest absolute Gasteiger partial charge is 0.329 e. The normalized spacial score (nSPS) is 10.6. The van der Waals surface area contributed by atoms with Crippen LogP contribution in [0.1, 0.15) is 5.56 Å². The molecule has 1 radical (unpaired) electrons. The van der Waals surface area contributed by atoms with Gasteiger partial charge in [0.25, 0.3) is 0 Å². The maximum Gasteiger partial charge on any atom is 0.0739 e.